The van der Waals surface area contributed by atoms with E-state index < -0.39 is 10.0 Å². The second kappa shape index (κ2) is 9.38. The van der Waals surface area contributed by atoms with E-state index in [0.717, 1.165) is 19.4 Å². The molecule has 2 fully saturated rings. The minimum absolute atomic E-state index is 0.0881. The summed E-state index contributed by atoms with van der Waals surface area (Å²) in [6, 6.07) is 10.9. The molecular weight excluding hydrogens is 434 g/mol. The van der Waals surface area contributed by atoms with E-state index >= 15 is 0 Å². The first kappa shape index (κ1) is 22.4. The van der Waals surface area contributed by atoms with Gasteiger partial charge in [-0.25, -0.2) is 8.42 Å². The molecule has 2 saturated heterocycles. The second-order valence-electron chi connectivity index (χ2n) is 8.30. The third-order valence-corrected chi connectivity index (χ3v) is 8.56. The largest absolute Gasteiger partial charge is 0.373 e. The van der Waals surface area contributed by atoms with Crippen molar-refractivity contribution in [1.82, 2.24) is 9.21 Å². The number of anilines is 1. The maximum Gasteiger partial charge on any atom is 0.243 e. The maximum absolute atomic E-state index is 13.0. The van der Waals surface area contributed by atoms with Gasteiger partial charge in [0.2, 0.25) is 15.9 Å². The van der Waals surface area contributed by atoms with Crippen LogP contribution in [-0.2, 0) is 19.6 Å². The van der Waals surface area contributed by atoms with Crippen molar-refractivity contribution >= 4 is 33.0 Å². The second-order valence-corrected chi connectivity index (χ2v) is 11.2. The lowest BCUT2D eigenvalue weighted by molar-refractivity contribution is -0.117. The number of rotatable bonds is 6. The number of sulfonamides is 1. The molecule has 168 valence electrons. The summed E-state index contributed by atoms with van der Waals surface area (Å²) in [7, 11) is -3.59. The van der Waals surface area contributed by atoms with E-state index in [9.17, 15) is 13.2 Å². The molecule has 2 aromatic rings. The third-order valence-electron chi connectivity index (χ3n) is 5.74. The van der Waals surface area contributed by atoms with Crippen LogP contribution in [0.25, 0.3) is 0 Å². The Hall–Kier alpha value is -1.78. The third kappa shape index (κ3) is 5.18. The van der Waals surface area contributed by atoms with Crippen LogP contribution in [0.3, 0.4) is 0 Å². The van der Waals surface area contributed by atoms with Crippen LogP contribution in [0.5, 0.6) is 0 Å². The topological polar surface area (TPSA) is 79.0 Å². The zero-order chi connectivity index (χ0) is 22.0. The van der Waals surface area contributed by atoms with E-state index in [2.05, 4.69) is 21.7 Å². The molecule has 1 aromatic carbocycles. The van der Waals surface area contributed by atoms with Crippen molar-refractivity contribution in [3.8, 4) is 0 Å². The van der Waals surface area contributed by atoms with E-state index in [0.29, 0.717) is 31.4 Å². The molecule has 31 heavy (non-hydrogen) atoms. The highest BCUT2D eigenvalue weighted by molar-refractivity contribution is 7.89. The Labute approximate surface area is 188 Å². The predicted octanol–water partition coefficient (Wildman–Crippen LogP) is 3.32. The summed E-state index contributed by atoms with van der Waals surface area (Å²) >= 11 is 1.73. The van der Waals surface area contributed by atoms with E-state index in [1.807, 2.05) is 19.9 Å². The minimum Gasteiger partial charge on any atom is -0.373 e. The van der Waals surface area contributed by atoms with E-state index in [4.69, 9.17) is 4.74 Å². The van der Waals surface area contributed by atoms with Crippen molar-refractivity contribution in [3.63, 3.8) is 0 Å². The van der Waals surface area contributed by atoms with Gasteiger partial charge in [0.1, 0.15) is 0 Å². The molecule has 1 aromatic heterocycles. The molecule has 0 radical (unpaired) electrons. The average Bonchev–Trinajstić information content (AvgIpc) is 3.39. The molecule has 0 spiro atoms. The van der Waals surface area contributed by atoms with E-state index in [-0.39, 0.29) is 23.0 Å². The molecule has 1 N–H and O–H groups in total. The highest BCUT2D eigenvalue weighted by Crippen LogP contribution is 2.34. The number of hydrogen-bond donors (Lipinski definition) is 1. The predicted molar refractivity (Wildman–Crippen MR) is 122 cm³/mol. The summed E-state index contributed by atoms with van der Waals surface area (Å²) in [6.07, 6.45) is 1.88. The lowest BCUT2D eigenvalue weighted by atomic mass is 10.2. The van der Waals surface area contributed by atoms with E-state index in [1.54, 1.807) is 35.6 Å². The smallest absolute Gasteiger partial charge is 0.243 e. The Morgan fingerprint density at radius 1 is 1.16 bits per heavy atom. The molecule has 9 heteroatoms. The Morgan fingerprint density at radius 3 is 2.52 bits per heavy atom. The first-order chi connectivity index (χ1) is 14.8. The van der Waals surface area contributed by atoms with Crippen molar-refractivity contribution in [1.29, 1.82) is 0 Å². The number of hydrogen-bond acceptors (Lipinski definition) is 6. The summed E-state index contributed by atoms with van der Waals surface area (Å²) in [5.74, 6) is -0.0881. The number of nitrogens with one attached hydrogen (secondary N) is 1. The molecular formula is C22H29N3O4S2. The van der Waals surface area contributed by atoms with Gasteiger partial charge in [0.05, 0.1) is 23.6 Å². The quantitative estimate of drug-likeness (QED) is 0.711. The molecule has 3 unspecified atom stereocenters. The van der Waals surface area contributed by atoms with Crippen LogP contribution in [0.2, 0.25) is 0 Å². The van der Waals surface area contributed by atoms with Crippen LogP contribution in [0, 0.1) is 0 Å². The molecule has 0 bridgehead atoms. The molecule has 3 heterocycles. The van der Waals surface area contributed by atoms with E-state index in [1.165, 1.54) is 9.18 Å². The number of carbonyl (C=O) groups is 1. The number of amides is 1. The van der Waals surface area contributed by atoms with Crippen molar-refractivity contribution in [2.75, 3.05) is 31.5 Å². The van der Waals surface area contributed by atoms with Crippen molar-refractivity contribution < 1.29 is 17.9 Å². The molecule has 7 nitrogen and oxygen atoms in total. The van der Waals surface area contributed by atoms with Crippen molar-refractivity contribution in [2.24, 2.45) is 0 Å². The zero-order valence-electron chi connectivity index (χ0n) is 17.9. The van der Waals surface area contributed by atoms with Crippen LogP contribution in [0.4, 0.5) is 5.69 Å². The van der Waals surface area contributed by atoms with Gasteiger partial charge in [-0.1, -0.05) is 6.07 Å². The standard InChI is InChI=1S/C22H29N3O4S2/c1-16-13-25(14-17(2)29-16)31(27,28)19-9-7-18(8-10-19)23-22(26)15-24-11-3-5-20(24)21-6-4-12-30-21/h4,6-10,12,16-17,20H,3,5,11,13-15H2,1-2H3,(H,23,26). The Bertz CT molecular complexity index is 982. The Morgan fingerprint density at radius 2 is 1.87 bits per heavy atom. The first-order valence-corrected chi connectivity index (χ1v) is 13.0. The van der Waals surface area contributed by atoms with Crippen molar-refractivity contribution in [3.05, 3.63) is 46.7 Å². The number of likely N-dealkylation sites (tertiary alicyclic amines) is 1. The number of thiophene rings is 1. The van der Waals surface area contributed by atoms with Crippen molar-refractivity contribution in [2.45, 2.75) is 49.8 Å². The molecule has 4 rings (SSSR count). The summed E-state index contributed by atoms with van der Waals surface area (Å²) in [6.45, 7) is 5.66. The van der Waals surface area contributed by atoms with Gasteiger partial charge in [-0.05, 0) is 68.9 Å². The lowest BCUT2D eigenvalue weighted by Crippen LogP contribution is -2.48. The Kier molecular flexibility index (Phi) is 6.78. The fraction of sp³-hybridized carbons (Fsp3) is 0.500. The van der Waals surface area contributed by atoms with Gasteiger partial charge in [-0.3, -0.25) is 9.69 Å². The number of carbonyl (C=O) groups excluding carboxylic acids is 1. The molecule has 0 saturated carbocycles. The zero-order valence-corrected chi connectivity index (χ0v) is 19.5. The van der Waals surface area contributed by atoms with Gasteiger partial charge < -0.3 is 10.1 Å². The highest BCUT2D eigenvalue weighted by Gasteiger charge is 2.32. The molecule has 1 amide bonds. The van der Waals surface area contributed by atoms with Crippen LogP contribution in [-0.4, -0.2) is 61.9 Å². The number of ether oxygens (including phenoxy) is 1. The number of benzene rings is 1. The summed E-state index contributed by atoms with van der Waals surface area (Å²) in [4.78, 5) is 16.3. The molecule has 3 atom stereocenters. The van der Waals surface area contributed by atoms with Gasteiger partial charge in [-0.15, -0.1) is 11.3 Å². The Balaban J connectivity index is 1.37. The van der Waals surface area contributed by atoms with Gasteiger partial charge in [0.25, 0.3) is 0 Å². The normalized spacial score (nSPS) is 25.5. The van der Waals surface area contributed by atoms with Crippen LogP contribution in [0.1, 0.15) is 37.6 Å². The van der Waals surface area contributed by atoms with Gasteiger partial charge in [0, 0.05) is 29.7 Å². The number of morpholine rings is 1. The fourth-order valence-electron chi connectivity index (χ4n) is 4.39. The average molecular weight is 464 g/mol. The summed E-state index contributed by atoms with van der Waals surface area (Å²) in [5.41, 5.74) is 0.597. The highest BCUT2D eigenvalue weighted by atomic mass is 32.2. The maximum atomic E-state index is 13.0. The molecule has 2 aliphatic heterocycles. The minimum atomic E-state index is -3.59. The first-order valence-electron chi connectivity index (χ1n) is 10.7. The monoisotopic (exact) mass is 463 g/mol. The molecule has 0 aliphatic carbocycles. The van der Waals surface area contributed by atoms with Crippen LogP contribution >= 0.6 is 11.3 Å². The molecule has 2 aliphatic rings. The number of nitrogens with zero attached hydrogens (tertiary/aromatic N) is 2. The van der Waals surface area contributed by atoms with Gasteiger partial charge in [-0.2, -0.15) is 4.31 Å². The summed E-state index contributed by atoms with van der Waals surface area (Å²) < 4.78 is 33.0. The van der Waals surface area contributed by atoms with Gasteiger partial charge in [0.15, 0.2) is 0 Å². The van der Waals surface area contributed by atoms with Crippen LogP contribution in [0.15, 0.2) is 46.7 Å². The SMILES string of the molecule is CC1CN(S(=O)(=O)c2ccc(NC(=O)CN3CCCC3c3cccs3)cc2)CC(C)O1. The lowest BCUT2D eigenvalue weighted by Gasteiger charge is -2.34. The fourth-order valence-corrected chi connectivity index (χ4v) is 6.88. The summed E-state index contributed by atoms with van der Waals surface area (Å²) in [5, 5.41) is 4.97. The van der Waals surface area contributed by atoms with Crippen LogP contribution < -0.4 is 5.32 Å². The van der Waals surface area contributed by atoms with Gasteiger partial charge >= 0.3 is 0 Å².